The van der Waals surface area contributed by atoms with Crippen molar-refractivity contribution in [1.29, 1.82) is 0 Å². The highest BCUT2D eigenvalue weighted by Gasteiger charge is 2.40. The third-order valence-electron chi connectivity index (χ3n) is 3.68. The lowest BCUT2D eigenvalue weighted by Crippen LogP contribution is -2.36. The molecule has 0 aliphatic carbocycles. The van der Waals surface area contributed by atoms with Crippen LogP contribution in [0.1, 0.15) is 26.7 Å². The molecular weight excluding hydrogens is 340 g/mol. The fourth-order valence-corrected chi connectivity index (χ4v) is 2.53. The number of fused-ring (bicyclic) bond motifs is 1. The van der Waals surface area contributed by atoms with Crippen molar-refractivity contribution in [2.45, 2.75) is 0 Å². The van der Waals surface area contributed by atoms with Gasteiger partial charge in [-0.25, -0.2) is 9.69 Å². The lowest BCUT2D eigenvalue weighted by molar-refractivity contribution is -0.111. The molecule has 2 amide bonds. The van der Waals surface area contributed by atoms with Gasteiger partial charge in [-0.3, -0.25) is 9.59 Å². The first-order valence-corrected chi connectivity index (χ1v) is 7.51. The molecule has 0 fully saturated rings. The van der Waals surface area contributed by atoms with Gasteiger partial charge in [0.1, 0.15) is 0 Å². The summed E-state index contributed by atoms with van der Waals surface area (Å²) in [4.78, 5) is 42.9. The predicted molar refractivity (Wildman–Crippen MR) is 87.6 cm³/mol. The Hall–Kier alpha value is -3.94. The molecule has 128 valence electrons. The second-order valence-electron chi connectivity index (χ2n) is 5.24. The Balaban J connectivity index is 1.68. The fraction of sp³-hybridized carbons (Fsp3) is 0. The molecule has 0 saturated carbocycles. The van der Waals surface area contributed by atoms with Gasteiger partial charge in [-0.05, 0) is 30.3 Å². The van der Waals surface area contributed by atoms with Gasteiger partial charge in [0.2, 0.25) is 5.76 Å². The molecule has 0 saturated heterocycles. The SMILES string of the molecule is O=C(O/N=C1/C(=O)N(C(=O)c2ccco2)c2ccccc21)c1ccco1. The normalized spacial score (nSPS) is 14.5. The predicted octanol–water partition coefficient (Wildman–Crippen LogP) is 2.62. The van der Waals surface area contributed by atoms with Gasteiger partial charge >= 0.3 is 11.9 Å². The van der Waals surface area contributed by atoms with Gasteiger partial charge in [0.05, 0.1) is 18.2 Å². The Labute approximate surface area is 146 Å². The highest BCUT2D eigenvalue weighted by atomic mass is 16.7. The number of imide groups is 1. The van der Waals surface area contributed by atoms with Gasteiger partial charge in [-0.1, -0.05) is 23.4 Å². The first-order chi connectivity index (χ1) is 12.7. The van der Waals surface area contributed by atoms with E-state index in [9.17, 15) is 14.4 Å². The van der Waals surface area contributed by atoms with Crippen molar-refractivity contribution >= 4 is 29.2 Å². The van der Waals surface area contributed by atoms with E-state index in [0.717, 1.165) is 4.90 Å². The van der Waals surface area contributed by atoms with Crippen LogP contribution in [-0.2, 0) is 9.63 Å². The van der Waals surface area contributed by atoms with Crippen molar-refractivity contribution in [1.82, 2.24) is 0 Å². The summed E-state index contributed by atoms with van der Waals surface area (Å²) in [5.74, 6) is -2.28. The third-order valence-corrected chi connectivity index (χ3v) is 3.68. The number of rotatable bonds is 3. The highest BCUT2D eigenvalue weighted by molar-refractivity contribution is 6.58. The van der Waals surface area contributed by atoms with Gasteiger partial charge in [0.25, 0.3) is 5.91 Å². The zero-order valence-corrected chi connectivity index (χ0v) is 13.1. The number of carbonyl (C=O) groups is 3. The molecule has 3 aromatic rings. The van der Waals surface area contributed by atoms with Crippen molar-refractivity contribution in [3.8, 4) is 0 Å². The van der Waals surface area contributed by atoms with Gasteiger partial charge in [0, 0.05) is 5.56 Å². The van der Waals surface area contributed by atoms with E-state index in [0.29, 0.717) is 11.3 Å². The van der Waals surface area contributed by atoms with Crippen LogP contribution in [0.2, 0.25) is 0 Å². The smallest absolute Gasteiger partial charge is 0.400 e. The van der Waals surface area contributed by atoms with Crippen LogP contribution in [0.25, 0.3) is 0 Å². The topological polar surface area (TPSA) is 102 Å². The number of hydrogen-bond donors (Lipinski definition) is 0. The Morgan fingerprint density at radius 2 is 1.62 bits per heavy atom. The quantitative estimate of drug-likeness (QED) is 0.409. The number of furan rings is 2. The van der Waals surface area contributed by atoms with Crippen LogP contribution in [-0.4, -0.2) is 23.5 Å². The van der Waals surface area contributed by atoms with Gasteiger partial charge in [-0.15, -0.1) is 0 Å². The molecular formula is C18H10N2O6. The number of hydrogen-bond acceptors (Lipinski definition) is 7. The number of carbonyl (C=O) groups excluding carboxylic acids is 3. The summed E-state index contributed by atoms with van der Waals surface area (Å²) in [6, 6.07) is 12.4. The first kappa shape index (κ1) is 15.6. The molecule has 8 nitrogen and oxygen atoms in total. The van der Waals surface area contributed by atoms with Crippen LogP contribution in [0, 0.1) is 0 Å². The van der Waals surface area contributed by atoms with Crippen LogP contribution in [0.3, 0.4) is 0 Å². The van der Waals surface area contributed by atoms with E-state index >= 15 is 0 Å². The molecule has 1 aliphatic rings. The summed E-state index contributed by atoms with van der Waals surface area (Å²) in [6.45, 7) is 0. The summed E-state index contributed by atoms with van der Waals surface area (Å²) in [5.41, 5.74) is 0.525. The first-order valence-electron chi connectivity index (χ1n) is 7.51. The molecule has 8 heteroatoms. The van der Waals surface area contributed by atoms with E-state index in [1.165, 1.54) is 30.7 Å². The monoisotopic (exact) mass is 350 g/mol. The number of benzene rings is 1. The molecule has 0 atom stereocenters. The van der Waals surface area contributed by atoms with Crippen molar-refractivity contribution in [2.75, 3.05) is 4.90 Å². The standard InChI is InChI=1S/C18H10N2O6/c21-16(13-7-3-9-24-13)20-12-6-2-1-5-11(12)15(17(20)22)19-26-18(23)14-8-4-10-25-14/h1-10H/b19-15+. The van der Waals surface area contributed by atoms with E-state index in [1.54, 1.807) is 30.3 Å². The summed E-state index contributed by atoms with van der Waals surface area (Å²) >= 11 is 0. The average molecular weight is 350 g/mol. The molecule has 0 radical (unpaired) electrons. The zero-order chi connectivity index (χ0) is 18.1. The highest BCUT2D eigenvalue weighted by Crippen LogP contribution is 2.30. The minimum absolute atomic E-state index is 0.00184. The van der Waals surface area contributed by atoms with E-state index in [-0.39, 0.29) is 17.2 Å². The van der Waals surface area contributed by atoms with Crippen molar-refractivity contribution in [3.63, 3.8) is 0 Å². The summed E-state index contributed by atoms with van der Waals surface area (Å²) in [6.07, 6.45) is 2.64. The van der Waals surface area contributed by atoms with Crippen molar-refractivity contribution < 1.29 is 28.1 Å². The van der Waals surface area contributed by atoms with Crippen LogP contribution < -0.4 is 4.90 Å². The van der Waals surface area contributed by atoms with Gasteiger partial charge < -0.3 is 13.7 Å². The Morgan fingerprint density at radius 1 is 0.923 bits per heavy atom. The minimum atomic E-state index is -0.858. The molecule has 4 rings (SSSR count). The van der Waals surface area contributed by atoms with Gasteiger partial charge in [-0.2, -0.15) is 0 Å². The Kier molecular flexibility index (Phi) is 3.70. The molecule has 2 aromatic heterocycles. The second kappa shape index (κ2) is 6.17. The minimum Gasteiger partial charge on any atom is -0.459 e. The molecule has 0 bridgehead atoms. The number of oxime groups is 1. The molecule has 26 heavy (non-hydrogen) atoms. The molecule has 1 aliphatic heterocycles. The molecule has 1 aromatic carbocycles. The van der Waals surface area contributed by atoms with Gasteiger partial charge in [0.15, 0.2) is 11.5 Å². The van der Waals surface area contributed by atoms with E-state index in [1.807, 2.05) is 0 Å². The third kappa shape index (κ3) is 2.49. The number of nitrogens with zero attached hydrogens (tertiary/aromatic N) is 2. The van der Waals surface area contributed by atoms with Crippen LogP contribution >= 0.6 is 0 Å². The average Bonchev–Trinajstić information content (AvgIpc) is 3.39. The molecule has 0 spiro atoms. The number of para-hydroxylation sites is 1. The van der Waals surface area contributed by atoms with Crippen LogP contribution in [0.15, 0.2) is 75.0 Å². The maximum Gasteiger partial charge on any atom is 0.400 e. The second-order valence-corrected chi connectivity index (χ2v) is 5.24. The maximum atomic E-state index is 12.7. The fourth-order valence-electron chi connectivity index (χ4n) is 2.53. The molecule has 3 heterocycles. The van der Waals surface area contributed by atoms with E-state index in [2.05, 4.69) is 5.16 Å². The zero-order valence-electron chi connectivity index (χ0n) is 13.1. The van der Waals surface area contributed by atoms with E-state index < -0.39 is 17.8 Å². The summed E-state index contributed by atoms with van der Waals surface area (Å²) in [7, 11) is 0. The van der Waals surface area contributed by atoms with Crippen molar-refractivity contribution in [3.05, 3.63) is 78.1 Å². The van der Waals surface area contributed by atoms with E-state index in [4.69, 9.17) is 13.7 Å². The number of amides is 2. The summed E-state index contributed by atoms with van der Waals surface area (Å²) in [5, 5.41) is 3.65. The number of anilines is 1. The Morgan fingerprint density at radius 3 is 2.31 bits per heavy atom. The Bertz CT molecular complexity index is 1020. The lowest BCUT2D eigenvalue weighted by atomic mass is 10.1. The summed E-state index contributed by atoms with van der Waals surface area (Å²) < 4.78 is 9.98. The lowest BCUT2D eigenvalue weighted by Gasteiger charge is -2.12. The molecule has 0 unspecified atom stereocenters. The van der Waals surface area contributed by atoms with Crippen LogP contribution in [0.5, 0.6) is 0 Å². The van der Waals surface area contributed by atoms with Crippen molar-refractivity contribution in [2.24, 2.45) is 5.16 Å². The van der Waals surface area contributed by atoms with Crippen LogP contribution in [0.4, 0.5) is 5.69 Å². The molecule has 0 N–H and O–H groups in total. The largest absolute Gasteiger partial charge is 0.459 e. The maximum absolute atomic E-state index is 12.7.